The summed E-state index contributed by atoms with van der Waals surface area (Å²) in [7, 11) is 0. The van der Waals surface area contributed by atoms with E-state index in [2.05, 4.69) is 10.1 Å². The third-order valence-electron chi connectivity index (χ3n) is 3.18. The third-order valence-corrected chi connectivity index (χ3v) is 3.18. The highest BCUT2D eigenvalue weighted by molar-refractivity contribution is 5.87. The predicted octanol–water partition coefficient (Wildman–Crippen LogP) is 2.44. The van der Waals surface area contributed by atoms with E-state index in [4.69, 9.17) is 9.84 Å². The van der Waals surface area contributed by atoms with Crippen molar-refractivity contribution in [3.8, 4) is 5.75 Å². The normalized spacial score (nSPS) is 10.7. The number of nitrogens with zero attached hydrogens (tertiary/aromatic N) is 3. The van der Waals surface area contributed by atoms with E-state index < -0.39 is 5.97 Å². The number of benzene rings is 1. The Bertz CT molecular complexity index is 784. The summed E-state index contributed by atoms with van der Waals surface area (Å²) >= 11 is 0. The summed E-state index contributed by atoms with van der Waals surface area (Å²) in [6, 6.07) is 12.8. The molecule has 1 N–H and O–H groups in total. The van der Waals surface area contributed by atoms with E-state index in [-0.39, 0.29) is 5.56 Å². The van der Waals surface area contributed by atoms with Crippen molar-refractivity contribution in [1.82, 2.24) is 14.6 Å². The number of carbonyl (C=O) groups is 1. The van der Waals surface area contributed by atoms with Crippen molar-refractivity contribution in [1.29, 1.82) is 0 Å². The summed E-state index contributed by atoms with van der Waals surface area (Å²) in [5.41, 5.74) is 0.834. The molecule has 0 bridgehead atoms. The standard InChI is InChI=1S/C16H15N3O3/c20-16(21)12-8-9-15-17-14(18-19(15)11-12)7-4-10-22-13-5-2-1-3-6-13/h1-3,5-6,8-9,11H,4,7,10H2,(H,20,21). The molecule has 0 spiro atoms. The van der Waals surface area contributed by atoms with Crippen molar-refractivity contribution in [2.24, 2.45) is 0 Å². The van der Waals surface area contributed by atoms with Crippen LogP contribution < -0.4 is 4.74 Å². The van der Waals surface area contributed by atoms with Gasteiger partial charge >= 0.3 is 5.97 Å². The van der Waals surface area contributed by atoms with Gasteiger partial charge in [0, 0.05) is 12.6 Å². The number of aromatic nitrogens is 3. The maximum atomic E-state index is 10.9. The van der Waals surface area contributed by atoms with Crippen molar-refractivity contribution in [2.75, 3.05) is 6.61 Å². The minimum atomic E-state index is -0.977. The van der Waals surface area contributed by atoms with Gasteiger partial charge in [-0.05, 0) is 30.7 Å². The van der Waals surface area contributed by atoms with Crippen LogP contribution in [0.2, 0.25) is 0 Å². The van der Waals surface area contributed by atoms with Gasteiger partial charge in [0.1, 0.15) is 5.75 Å². The third kappa shape index (κ3) is 3.22. The summed E-state index contributed by atoms with van der Waals surface area (Å²) in [6.07, 6.45) is 2.93. The molecular formula is C16H15N3O3. The molecule has 0 aliphatic carbocycles. The molecule has 3 rings (SSSR count). The molecule has 6 heteroatoms. The van der Waals surface area contributed by atoms with Crippen LogP contribution >= 0.6 is 0 Å². The average molecular weight is 297 g/mol. The molecule has 6 nitrogen and oxygen atoms in total. The fourth-order valence-electron chi connectivity index (χ4n) is 2.10. The lowest BCUT2D eigenvalue weighted by Crippen LogP contribution is -2.01. The van der Waals surface area contributed by atoms with Crippen molar-refractivity contribution in [3.63, 3.8) is 0 Å². The first-order chi connectivity index (χ1) is 10.7. The van der Waals surface area contributed by atoms with Gasteiger partial charge in [0.05, 0.1) is 12.2 Å². The number of aryl methyl sites for hydroxylation is 1. The van der Waals surface area contributed by atoms with Crippen molar-refractivity contribution >= 4 is 11.6 Å². The molecule has 0 fully saturated rings. The van der Waals surface area contributed by atoms with Gasteiger partial charge in [0.15, 0.2) is 11.5 Å². The predicted molar refractivity (Wildman–Crippen MR) is 80.2 cm³/mol. The number of aromatic carboxylic acids is 1. The average Bonchev–Trinajstić information content (AvgIpc) is 2.94. The minimum absolute atomic E-state index is 0.191. The maximum absolute atomic E-state index is 10.9. The van der Waals surface area contributed by atoms with Gasteiger partial charge in [0.2, 0.25) is 0 Å². The second kappa shape index (κ2) is 6.26. The number of hydrogen-bond donors (Lipinski definition) is 1. The molecule has 22 heavy (non-hydrogen) atoms. The van der Waals surface area contributed by atoms with E-state index >= 15 is 0 Å². The van der Waals surface area contributed by atoms with E-state index in [1.807, 2.05) is 30.3 Å². The first-order valence-electron chi connectivity index (χ1n) is 6.99. The Morgan fingerprint density at radius 1 is 1.18 bits per heavy atom. The Balaban J connectivity index is 1.58. The van der Waals surface area contributed by atoms with Crippen molar-refractivity contribution in [3.05, 3.63) is 60.0 Å². The number of carboxylic acids is 1. The van der Waals surface area contributed by atoms with Gasteiger partial charge in [-0.3, -0.25) is 0 Å². The fourth-order valence-corrected chi connectivity index (χ4v) is 2.10. The second-order valence-corrected chi connectivity index (χ2v) is 4.82. The van der Waals surface area contributed by atoms with Crippen LogP contribution in [0.3, 0.4) is 0 Å². The molecule has 0 atom stereocenters. The van der Waals surface area contributed by atoms with Crippen molar-refractivity contribution < 1.29 is 14.6 Å². The summed E-state index contributed by atoms with van der Waals surface area (Å²) < 4.78 is 7.11. The lowest BCUT2D eigenvalue weighted by Gasteiger charge is -2.03. The van der Waals surface area contributed by atoms with Gasteiger partial charge in [-0.15, -0.1) is 0 Å². The zero-order valence-electron chi connectivity index (χ0n) is 11.8. The van der Waals surface area contributed by atoms with Crippen LogP contribution in [0, 0.1) is 0 Å². The highest BCUT2D eigenvalue weighted by Gasteiger charge is 2.07. The number of carboxylic acid groups (broad SMARTS) is 1. The molecule has 0 aliphatic heterocycles. The molecule has 3 aromatic rings. The number of para-hydroxylation sites is 1. The monoisotopic (exact) mass is 297 g/mol. The maximum Gasteiger partial charge on any atom is 0.337 e. The van der Waals surface area contributed by atoms with Crippen LogP contribution in [-0.2, 0) is 6.42 Å². The molecule has 0 aliphatic rings. The molecule has 112 valence electrons. The molecule has 2 heterocycles. The van der Waals surface area contributed by atoms with Gasteiger partial charge in [0.25, 0.3) is 0 Å². The fraction of sp³-hybridized carbons (Fsp3) is 0.188. The molecule has 0 radical (unpaired) electrons. The summed E-state index contributed by atoms with van der Waals surface area (Å²) in [6.45, 7) is 0.583. The van der Waals surface area contributed by atoms with Gasteiger partial charge in [-0.25, -0.2) is 14.3 Å². The largest absolute Gasteiger partial charge is 0.494 e. The minimum Gasteiger partial charge on any atom is -0.494 e. The highest BCUT2D eigenvalue weighted by Crippen LogP contribution is 2.10. The summed E-state index contributed by atoms with van der Waals surface area (Å²) in [5.74, 6) is 0.547. The smallest absolute Gasteiger partial charge is 0.337 e. The van der Waals surface area contributed by atoms with E-state index in [9.17, 15) is 4.79 Å². The Hall–Kier alpha value is -2.89. The van der Waals surface area contributed by atoms with Crippen LogP contribution in [0.15, 0.2) is 48.7 Å². The Morgan fingerprint density at radius 2 is 2.00 bits per heavy atom. The number of fused-ring (bicyclic) bond motifs is 1. The number of hydrogen-bond acceptors (Lipinski definition) is 4. The van der Waals surface area contributed by atoms with Crippen LogP contribution in [-0.4, -0.2) is 32.3 Å². The van der Waals surface area contributed by atoms with Gasteiger partial charge in [-0.1, -0.05) is 18.2 Å². The van der Waals surface area contributed by atoms with Crippen LogP contribution in [0.4, 0.5) is 0 Å². The second-order valence-electron chi connectivity index (χ2n) is 4.82. The zero-order chi connectivity index (χ0) is 15.4. The molecule has 0 saturated carbocycles. The van der Waals surface area contributed by atoms with E-state index in [1.165, 1.54) is 16.8 Å². The van der Waals surface area contributed by atoms with Gasteiger partial charge < -0.3 is 9.84 Å². The summed E-state index contributed by atoms with van der Waals surface area (Å²) in [5, 5.41) is 13.2. The molecule has 1 aromatic carbocycles. The first-order valence-corrected chi connectivity index (χ1v) is 6.99. The molecule has 2 aromatic heterocycles. The molecule has 0 amide bonds. The van der Waals surface area contributed by atoms with Gasteiger partial charge in [-0.2, -0.15) is 5.10 Å². The number of rotatable bonds is 6. The Kier molecular flexibility index (Phi) is 4.00. The van der Waals surface area contributed by atoms with Crippen LogP contribution in [0.5, 0.6) is 5.75 Å². The van der Waals surface area contributed by atoms with Crippen molar-refractivity contribution in [2.45, 2.75) is 12.8 Å². The SMILES string of the molecule is O=C(O)c1ccc2nc(CCCOc3ccccc3)nn2c1. The first kappa shape index (κ1) is 14.1. The Labute approximate surface area is 127 Å². The molecular weight excluding hydrogens is 282 g/mol. The van der Waals surface area contributed by atoms with Crippen LogP contribution in [0.1, 0.15) is 22.6 Å². The molecule has 0 saturated heterocycles. The van der Waals surface area contributed by atoms with E-state index in [0.717, 1.165) is 12.2 Å². The lowest BCUT2D eigenvalue weighted by molar-refractivity contribution is 0.0696. The Morgan fingerprint density at radius 3 is 2.77 bits per heavy atom. The summed E-state index contributed by atoms with van der Waals surface area (Å²) in [4.78, 5) is 15.3. The topological polar surface area (TPSA) is 76.7 Å². The molecule has 0 unspecified atom stereocenters. The van der Waals surface area contributed by atoms with Crippen LogP contribution in [0.25, 0.3) is 5.65 Å². The van der Waals surface area contributed by atoms with E-state index in [0.29, 0.717) is 24.5 Å². The number of ether oxygens (including phenoxy) is 1. The zero-order valence-corrected chi connectivity index (χ0v) is 11.8. The lowest BCUT2D eigenvalue weighted by atomic mass is 10.3. The quantitative estimate of drug-likeness (QED) is 0.707. The number of pyridine rings is 1. The highest BCUT2D eigenvalue weighted by atomic mass is 16.5. The van der Waals surface area contributed by atoms with E-state index in [1.54, 1.807) is 6.07 Å².